The fourth-order valence-corrected chi connectivity index (χ4v) is 2.99. The Bertz CT molecular complexity index is 839. The second-order valence-corrected chi connectivity index (χ2v) is 6.30. The van der Waals surface area contributed by atoms with Crippen LogP contribution in [0.25, 0.3) is 11.3 Å². The highest BCUT2D eigenvalue weighted by Crippen LogP contribution is 2.29. The number of carbonyl (C=O) groups excluding carboxylic acids is 1. The molecule has 3 rings (SSSR count). The zero-order valence-corrected chi connectivity index (χ0v) is 14.6. The summed E-state index contributed by atoms with van der Waals surface area (Å²) in [6, 6.07) is 14.4. The zero-order valence-electron chi connectivity index (χ0n) is 12.3. The topological polar surface area (TPSA) is 46.9 Å². The van der Waals surface area contributed by atoms with Gasteiger partial charge in [-0.1, -0.05) is 23.7 Å². The van der Waals surface area contributed by atoms with Gasteiger partial charge in [-0.15, -0.1) is 0 Å². The lowest BCUT2D eigenvalue weighted by Gasteiger charge is -2.08. The van der Waals surface area contributed by atoms with E-state index in [2.05, 4.69) is 26.3 Å². The van der Waals surface area contributed by atoms with Gasteiger partial charge < -0.3 is 5.32 Å². The van der Waals surface area contributed by atoms with Crippen molar-refractivity contribution in [2.45, 2.75) is 0 Å². The molecule has 1 N–H and O–H groups in total. The molecule has 0 fully saturated rings. The van der Waals surface area contributed by atoms with Crippen LogP contribution >= 0.6 is 27.5 Å². The van der Waals surface area contributed by atoms with Crippen molar-refractivity contribution >= 4 is 39.1 Å². The Morgan fingerprint density at radius 1 is 1.22 bits per heavy atom. The first-order valence-electron chi connectivity index (χ1n) is 6.89. The summed E-state index contributed by atoms with van der Waals surface area (Å²) in [6.45, 7) is 0. The van der Waals surface area contributed by atoms with Crippen molar-refractivity contribution in [1.82, 2.24) is 9.78 Å². The van der Waals surface area contributed by atoms with Crippen molar-refractivity contribution in [2.24, 2.45) is 7.05 Å². The van der Waals surface area contributed by atoms with Gasteiger partial charge in [-0.25, -0.2) is 0 Å². The van der Waals surface area contributed by atoms with E-state index in [0.717, 1.165) is 21.4 Å². The first-order chi connectivity index (χ1) is 11.0. The second kappa shape index (κ2) is 6.56. The maximum Gasteiger partial charge on any atom is 0.255 e. The monoisotopic (exact) mass is 389 g/mol. The van der Waals surface area contributed by atoms with Crippen LogP contribution in [0.15, 0.2) is 59.2 Å². The molecule has 0 unspecified atom stereocenters. The van der Waals surface area contributed by atoms with Crippen molar-refractivity contribution in [3.8, 4) is 11.3 Å². The van der Waals surface area contributed by atoms with Gasteiger partial charge in [0.05, 0.1) is 16.4 Å². The summed E-state index contributed by atoms with van der Waals surface area (Å²) < 4.78 is 2.69. The van der Waals surface area contributed by atoms with Crippen LogP contribution < -0.4 is 5.32 Å². The molecule has 6 heteroatoms. The second-order valence-electron chi connectivity index (χ2n) is 5.01. The van der Waals surface area contributed by atoms with Gasteiger partial charge in [-0.05, 0) is 52.3 Å². The summed E-state index contributed by atoms with van der Waals surface area (Å²) in [7, 11) is 1.87. The molecule has 0 bridgehead atoms. The summed E-state index contributed by atoms with van der Waals surface area (Å²) in [5, 5.41) is 7.70. The van der Waals surface area contributed by atoms with Crippen LogP contribution in [-0.2, 0) is 7.05 Å². The lowest BCUT2D eigenvalue weighted by Crippen LogP contribution is -2.11. The molecule has 1 aromatic heterocycles. The fourth-order valence-electron chi connectivity index (χ4n) is 2.28. The lowest BCUT2D eigenvalue weighted by atomic mass is 10.1. The van der Waals surface area contributed by atoms with E-state index < -0.39 is 0 Å². The number of carbonyl (C=O) groups is 1. The van der Waals surface area contributed by atoms with Crippen LogP contribution in [0.2, 0.25) is 5.02 Å². The number of aromatic nitrogens is 2. The summed E-state index contributed by atoms with van der Waals surface area (Å²) in [6.07, 6.45) is 1.74. The van der Waals surface area contributed by atoms with Crippen molar-refractivity contribution in [3.05, 3.63) is 69.8 Å². The van der Waals surface area contributed by atoms with Crippen LogP contribution in [0, 0.1) is 0 Å². The Morgan fingerprint density at radius 2 is 1.96 bits per heavy atom. The number of nitrogens with zero attached hydrogens (tertiary/aromatic N) is 2. The van der Waals surface area contributed by atoms with E-state index in [9.17, 15) is 4.79 Å². The van der Waals surface area contributed by atoms with E-state index in [1.54, 1.807) is 35.1 Å². The number of hydrogen-bond acceptors (Lipinski definition) is 2. The number of aryl methyl sites for hydroxylation is 1. The van der Waals surface area contributed by atoms with Crippen LogP contribution in [0.1, 0.15) is 10.4 Å². The van der Waals surface area contributed by atoms with Gasteiger partial charge in [0.2, 0.25) is 0 Å². The minimum Gasteiger partial charge on any atom is -0.322 e. The fraction of sp³-hybridized carbons (Fsp3) is 0.0588. The van der Waals surface area contributed by atoms with E-state index in [1.165, 1.54) is 0 Å². The molecule has 0 saturated heterocycles. The SMILES string of the molecule is Cn1ncc(Br)c1-c1cccc(NC(=O)c2ccc(Cl)cc2)c1. The van der Waals surface area contributed by atoms with Gasteiger partial charge in [0.1, 0.15) is 0 Å². The van der Waals surface area contributed by atoms with E-state index >= 15 is 0 Å². The third-order valence-corrected chi connectivity index (χ3v) is 4.23. The van der Waals surface area contributed by atoms with Gasteiger partial charge in [0, 0.05) is 28.9 Å². The standard InChI is InChI=1S/C17H13BrClN3O/c1-22-16(15(18)10-20-22)12-3-2-4-14(9-12)21-17(23)11-5-7-13(19)8-6-11/h2-10H,1H3,(H,21,23). The molecule has 23 heavy (non-hydrogen) atoms. The van der Waals surface area contributed by atoms with Crippen LogP contribution in [0.3, 0.4) is 0 Å². The lowest BCUT2D eigenvalue weighted by molar-refractivity contribution is 0.102. The van der Waals surface area contributed by atoms with Crippen LogP contribution in [-0.4, -0.2) is 15.7 Å². The third-order valence-electron chi connectivity index (χ3n) is 3.39. The van der Waals surface area contributed by atoms with Gasteiger partial charge in [-0.3, -0.25) is 9.48 Å². The molecule has 0 radical (unpaired) electrons. The molecule has 116 valence electrons. The Balaban J connectivity index is 1.86. The molecule has 2 aromatic carbocycles. The first-order valence-corrected chi connectivity index (χ1v) is 8.06. The number of anilines is 1. The van der Waals surface area contributed by atoms with Gasteiger partial charge in [-0.2, -0.15) is 5.10 Å². The summed E-state index contributed by atoms with van der Waals surface area (Å²) in [5.41, 5.74) is 3.19. The highest BCUT2D eigenvalue weighted by Gasteiger charge is 2.11. The minimum absolute atomic E-state index is 0.178. The third kappa shape index (κ3) is 3.46. The van der Waals surface area contributed by atoms with Gasteiger partial charge >= 0.3 is 0 Å². The normalized spacial score (nSPS) is 10.6. The molecular weight excluding hydrogens is 378 g/mol. The largest absolute Gasteiger partial charge is 0.322 e. The summed E-state index contributed by atoms with van der Waals surface area (Å²) in [4.78, 5) is 12.3. The summed E-state index contributed by atoms with van der Waals surface area (Å²) >= 11 is 9.33. The Labute approximate surface area is 147 Å². The molecule has 1 amide bonds. The van der Waals surface area contributed by atoms with Gasteiger partial charge in [0.25, 0.3) is 5.91 Å². The summed E-state index contributed by atoms with van der Waals surface area (Å²) in [5.74, 6) is -0.178. The van der Waals surface area contributed by atoms with E-state index in [0.29, 0.717) is 10.6 Å². The number of hydrogen-bond donors (Lipinski definition) is 1. The maximum absolute atomic E-state index is 12.3. The predicted octanol–water partition coefficient (Wildman–Crippen LogP) is 4.76. The molecule has 0 saturated carbocycles. The number of amides is 1. The average molecular weight is 391 g/mol. The Kier molecular flexibility index (Phi) is 4.50. The molecular formula is C17H13BrClN3O. The smallest absolute Gasteiger partial charge is 0.255 e. The molecule has 0 aliphatic heterocycles. The average Bonchev–Trinajstić information content (AvgIpc) is 2.87. The highest BCUT2D eigenvalue weighted by atomic mass is 79.9. The van der Waals surface area contributed by atoms with Gasteiger partial charge in [0.15, 0.2) is 0 Å². The zero-order chi connectivity index (χ0) is 16.4. The van der Waals surface area contributed by atoms with E-state index in [1.807, 2.05) is 31.3 Å². The van der Waals surface area contributed by atoms with Crippen molar-refractivity contribution < 1.29 is 4.79 Å². The minimum atomic E-state index is -0.178. The molecule has 0 aliphatic rings. The maximum atomic E-state index is 12.3. The molecule has 1 heterocycles. The van der Waals surface area contributed by atoms with Crippen molar-refractivity contribution in [3.63, 3.8) is 0 Å². The molecule has 4 nitrogen and oxygen atoms in total. The molecule has 0 spiro atoms. The Morgan fingerprint density at radius 3 is 2.61 bits per heavy atom. The first kappa shape index (κ1) is 15.8. The Hall–Kier alpha value is -2.11. The molecule has 3 aromatic rings. The quantitative estimate of drug-likeness (QED) is 0.701. The van der Waals surface area contributed by atoms with Crippen molar-refractivity contribution in [2.75, 3.05) is 5.32 Å². The number of nitrogens with one attached hydrogen (secondary N) is 1. The van der Waals surface area contributed by atoms with E-state index in [4.69, 9.17) is 11.6 Å². The number of halogens is 2. The molecule has 0 aliphatic carbocycles. The number of benzene rings is 2. The van der Waals surface area contributed by atoms with Crippen molar-refractivity contribution in [1.29, 1.82) is 0 Å². The van der Waals surface area contributed by atoms with Crippen LogP contribution in [0.4, 0.5) is 5.69 Å². The predicted molar refractivity (Wildman–Crippen MR) is 95.7 cm³/mol. The number of rotatable bonds is 3. The highest BCUT2D eigenvalue weighted by molar-refractivity contribution is 9.10. The van der Waals surface area contributed by atoms with Crippen LogP contribution in [0.5, 0.6) is 0 Å². The molecule has 0 atom stereocenters. The van der Waals surface area contributed by atoms with E-state index in [-0.39, 0.29) is 5.91 Å².